The third kappa shape index (κ3) is 4.97. The van der Waals surface area contributed by atoms with Gasteiger partial charge in [-0.15, -0.1) is 0 Å². The van der Waals surface area contributed by atoms with Crippen LogP contribution in [0.1, 0.15) is 52.4 Å². The molecule has 0 aromatic rings. The Hall–Kier alpha value is -0.0800. The molecule has 0 saturated carbocycles. The van der Waals surface area contributed by atoms with Crippen molar-refractivity contribution in [1.82, 2.24) is 5.32 Å². The molecule has 1 fully saturated rings. The van der Waals surface area contributed by atoms with Crippen molar-refractivity contribution >= 4 is 0 Å². The van der Waals surface area contributed by atoms with Crippen LogP contribution in [0.15, 0.2) is 0 Å². The summed E-state index contributed by atoms with van der Waals surface area (Å²) >= 11 is 0. The summed E-state index contributed by atoms with van der Waals surface area (Å²) in [6.07, 6.45) is 8.24. The normalized spacial score (nSPS) is 24.9. The van der Waals surface area contributed by atoms with Crippen molar-refractivity contribution in [2.75, 3.05) is 13.2 Å². The second kappa shape index (κ2) is 7.24. The summed E-state index contributed by atoms with van der Waals surface area (Å²) in [5, 5.41) is 3.56. The van der Waals surface area contributed by atoms with Crippen LogP contribution in [0, 0.1) is 0 Å². The number of unbranched alkanes of at least 4 members (excludes halogenated alkanes) is 1. The minimum absolute atomic E-state index is 0.479. The van der Waals surface area contributed by atoms with Crippen molar-refractivity contribution in [3.8, 4) is 0 Å². The zero-order chi connectivity index (χ0) is 10.2. The molecule has 2 heteroatoms. The Labute approximate surface area is 88.4 Å². The molecule has 1 saturated heterocycles. The monoisotopic (exact) mass is 199 g/mol. The number of nitrogens with one attached hydrogen (secondary N) is 1. The van der Waals surface area contributed by atoms with E-state index in [1.165, 1.54) is 38.5 Å². The highest BCUT2D eigenvalue weighted by Gasteiger charge is 2.13. The maximum absolute atomic E-state index is 5.67. The molecular weight excluding hydrogens is 174 g/mol. The van der Waals surface area contributed by atoms with Crippen molar-refractivity contribution in [1.29, 1.82) is 0 Å². The molecule has 0 bridgehead atoms. The van der Waals surface area contributed by atoms with Gasteiger partial charge in [0.2, 0.25) is 0 Å². The first kappa shape index (κ1) is 12.0. The number of hydrogen-bond donors (Lipinski definition) is 1. The Morgan fingerprint density at radius 1 is 1.43 bits per heavy atom. The molecule has 84 valence electrons. The van der Waals surface area contributed by atoms with Gasteiger partial charge in [0.1, 0.15) is 0 Å². The fourth-order valence-electron chi connectivity index (χ4n) is 1.91. The lowest BCUT2D eigenvalue weighted by atomic mass is 10.1. The van der Waals surface area contributed by atoms with Crippen molar-refractivity contribution < 1.29 is 4.74 Å². The van der Waals surface area contributed by atoms with E-state index in [1.54, 1.807) is 0 Å². The standard InChI is InChI=1S/C12H25NO/c1-3-4-7-11(2)13-10-12-8-5-6-9-14-12/h11-13H,3-10H2,1-2H3. The Morgan fingerprint density at radius 3 is 2.93 bits per heavy atom. The van der Waals surface area contributed by atoms with E-state index >= 15 is 0 Å². The second-order valence-electron chi connectivity index (χ2n) is 4.44. The SMILES string of the molecule is CCCCC(C)NCC1CCCCO1. The molecule has 2 nitrogen and oxygen atoms in total. The molecule has 1 heterocycles. The Balaban J connectivity index is 2.00. The van der Waals surface area contributed by atoms with Crippen LogP contribution in [0.4, 0.5) is 0 Å². The zero-order valence-corrected chi connectivity index (χ0v) is 9.72. The van der Waals surface area contributed by atoms with Crippen LogP contribution in [-0.4, -0.2) is 25.3 Å². The Kier molecular flexibility index (Phi) is 6.20. The van der Waals surface area contributed by atoms with E-state index in [4.69, 9.17) is 4.74 Å². The highest BCUT2D eigenvalue weighted by molar-refractivity contribution is 4.69. The molecule has 0 spiro atoms. The quantitative estimate of drug-likeness (QED) is 0.710. The zero-order valence-electron chi connectivity index (χ0n) is 9.72. The summed E-state index contributed by atoms with van der Waals surface area (Å²) in [5.41, 5.74) is 0. The molecule has 0 radical (unpaired) electrons. The van der Waals surface area contributed by atoms with Gasteiger partial charge in [0.15, 0.2) is 0 Å². The van der Waals surface area contributed by atoms with Gasteiger partial charge in [-0.25, -0.2) is 0 Å². The van der Waals surface area contributed by atoms with Gasteiger partial charge in [-0.1, -0.05) is 19.8 Å². The molecule has 14 heavy (non-hydrogen) atoms. The van der Waals surface area contributed by atoms with E-state index in [-0.39, 0.29) is 0 Å². The minimum atomic E-state index is 0.479. The molecule has 0 amide bonds. The first-order valence-electron chi connectivity index (χ1n) is 6.18. The first-order valence-corrected chi connectivity index (χ1v) is 6.18. The summed E-state index contributed by atoms with van der Waals surface area (Å²) < 4.78 is 5.67. The highest BCUT2D eigenvalue weighted by Crippen LogP contribution is 2.12. The third-order valence-electron chi connectivity index (χ3n) is 2.96. The van der Waals surface area contributed by atoms with Crippen molar-refractivity contribution in [3.63, 3.8) is 0 Å². The molecule has 1 N–H and O–H groups in total. The minimum Gasteiger partial charge on any atom is -0.377 e. The topological polar surface area (TPSA) is 21.3 Å². The number of hydrogen-bond acceptors (Lipinski definition) is 2. The van der Waals surface area contributed by atoms with Crippen molar-refractivity contribution in [3.05, 3.63) is 0 Å². The Bertz CT molecular complexity index is 132. The van der Waals surface area contributed by atoms with Crippen LogP contribution in [0.5, 0.6) is 0 Å². The second-order valence-corrected chi connectivity index (χ2v) is 4.44. The largest absolute Gasteiger partial charge is 0.377 e. The molecule has 0 aromatic heterocycles. The summed E-state index contributed by atoms with van der Waals surface area (Å²) in [4.78, 5) is 0. The van der Waals surface area contributed by atoms with E-state index in [0.29, 0.717) is 12.1 Å². The smallest absolute Gasteiger partial charge is 0.0699 e. The number of rotatable bonds is 6. The summed E-state index contributed by atoms with van der Waals surface area (Å²) in [6.45, 7) is 6.54. The van der Waals surface area contributed by atoms with Gasteiger partial charge in [0.25, 0.3) is 0 Å². The van der Waals surface area contributed by atoms with Crippen LogP contribution in [0.25, 0.3) is 0 Å². The Morgan fingerprint density at radius 2 is 2.29 bits per heavy atom. The van der Waals surface area contributed by atoms with Gasteiger partial charge in [-0.2, -0.15) is 0 Å². The molecule has 1 aliphatic rings. The van der Waals surface area contributed by atoms with Crippen LogP contribution < -0.4 is 5.32 Å². The van der Waals surface area contributed by atoms with E-state index in [1.807, 2.05) is 0 Å². The van der Waals surface area contributed by atoms with Crippen molar-refractivity contribution in [2.45, 2.75) is 64.5 Å². The molecule has 2 atom stereocenters. The summed E-state index contributed by atoms with van der Waals surface area (Å²) in [6, 6.07) is 0.653. The highest BCUT2D eigenvalue weighted by atomic mass is 16.5. The van der Waals surface area contributed by atoms with E-state index in [0.717, 1.165) is 13.2 Å². The summed E-state index contributed by atoms with van der Waals surface area (Å²) in [5.74, 6) is 0. The maximum atomic E-state index is 5.67. The lowest BCUT2D eigenvalue weighted by Crippen LogP contribution is -2.36. The maximum Gasteiger partial charge on any atom is 0.0699 e. The average Bonchev–Trinajstić information content (AvgIpc) is 2.25. The van der Waals surface area contributed by atoms with Gasteiger partial charge in [-0.3, -0.25) is 0 Å². The third-order valence-corrected chi connectivity index (χ3v) is 2.96. The van der Waals surface area contributed by atoms with Crippen LogP contribution >= 0.6 is 0 Å². The van der Waals surface area contributed by atoms with Gasteiger partial charge < -0.3 is 10.1 Å². The van der Waals surface area contributed by atoms with Gasteiger partial charge in [-0.05, 0) is 32.6 Å². The molecule has 0 aliphatic carbocycles. The fraction of sp³-hybridized carbons (Fsp3) is 1.00. The first-order chi connectivity index (χ1) is 6.83. The predicted octanol–water partition coefficient (Wildman–Crippen LogP) is 2.72. The van der Waals surface area contributed by atoms with Crippen molar-refractivity contribution in [2.24, 2.45) is 0 Å². The van der Waals surface area contributed by atoms with E-state index < -0.39 is 0 Å². The van der Waals surface area contributed by atoms with Gasteiger partial charge >= 0.3 is 0 Å². The average molecular weight is 199 g/mol. The summed E-state index contributed by atoms with van der Waals surface area (Å²) in [7, 11) is 0. The van der Waals surface area contributed by atoms with E-state index in [9.17, 15) is 0 Å². The number of ether oxygens (including phenoxy) is 1. The molecular formula is C12H25NO. The van der Waals surface area contributed by atoms with Gasteiger partial charge in [0.05, 0.1) is 6.10 Å². The molecule has 2 unspecified atom stereocenters. The van der Waals surface area contributed by atoms with Gasteiger partial charge in [0, 0.05) is 19.2 Å². The molecule has 1 aliphatic heterocycles. The lowest BCUT2D eigenvalue weighted by Gasteiger charge is -2.24. The molecule has 0 aromatic carbocycles. The predicted molar refractivity (Wildman–Crippen MR) is 60.6 cm³/mol. The van der Waals surface area contributed by atoms with E-state index in [2.05, 4.69) is 19.2 Å². The lowest BCUT2D eigenvalue weighted by molar-refractivity contribution is 0.0155. The van der Waals surface area contributed by atoms with Crippen LogP contribution in [0.2, 0.25) is 0 Å². The fourth-order valence-corrected chi connectivity index (χ4v) is 1.91. The molecule has 1 rings (SSSR count). The van der Waals surface area contributed by atoms with Crippen LogP contribution in [-0.2, 0) is 4.74 Å². The van der Waals surface area contributed by atoms with Crippen LogP contribution in [0.3, 0.4) is 0 Å².